The zero-order chi connectivity index (χ0) is 15.0. The molecule has 1 amide bonds. The summed E-state index contributed by atoms with van der Waals surface area (Å²) >= 11 is 0. The smallest absolute Gasteiger partial charge is 0.230 e. The molecular weight excluding hydrogens is 254 g/mol. The second kappa shape index (κ2) is 8.93. The van der Waals surface area contributed by atoms with E-state index >= 15 is 0 Å². The fourth-order valence-corrected chi connectivity index (χ4v) is 2.90. The summed E-state index contributed by atoms with van der Waals surface area (Å²) in [7, 11) is 3.36. The summed E-state index contributed by atoms with van der Waals surface area (Å²) in [5, 5.41) is 0. The predicted octanol–water partition coefficient (Wildman–Crippen LogP) is 2.41. The molecule has 0 spiro atoms. The SMILES string of the molecule is C=CC[C@@H](/C=C\C)C(=O)N1[C@@H](COC)CC[C@@H]1COC. The Balaban J connectivity index is 2.88. The molecule has 0 saturated carbocycles. The van der Waals surface area contributed by atoms with Crippen molar-refractivity contribution < 1.29 is 14.3 Å². The van der Waals surface area contributed by atoms with Gasteiger partial charge in [-0.2, -0.15) is 0 Å². The van der Waals surface area contributed by atoms with E-state index in [9.17, 15) is 4.79 Å². The van der Waals surface area contributed by atoms with E-state index in [1.807, 2.05) is 24.0 Å². The second-order valence-electron chi connectivity index (χ2n) is 5.20. The van der Waals surface area contributed by atoms with Crippen molar-refractivity contribution in [1.29, 1.82) is 0 Å². The van der Waals surface area contributed by atoms with Crippen LogP contribution in [-0.4, -0.2) is 50.3 Å². The van der Waals surface area contributed by atoms with Crippen LogP contribution in [0.15, 0.2) is 24.8 Å². The van der Waals surface area contributed by atoms with Gasteiger partial charge in [-0.15, -0.1) is 6.58 Å². The number of carbonyl (C=O) groups excluding carboxylic acids is 1. The van der Waals surface area contributed by atoms with Crippen LogP contribution in [0.4, 0.5) is 0 Å². The number of allylic oxidation sites excluding steroid dienone is 2. The van der Waals surface area contributed by atoms with Gasteiger partial charge in [0.1, 0.15) is 0 Å². The van der Waals surface area contributed by atoms with Crippen molar-refractivity contribution in [3.05, 3.63) is 24.8 Å². The van der Waals surface area contributed by atoms with E-state index in [2.05, 4.69) is 6.58 Å². The molecule has 0 aromatic heterocycles. The van der Waals surface area contributed by atoms with Gasteiger partial charge >= 0.3 is 0 Å². The number of likely N-dealkylation sites (tertiary alicyclic amines) is 1. The maximum Gasteiger partial charge on any atom is 0.230 e. The highest BCUT2D eigenvalue weighted by molar-refractivity contribution is 5.81. The van der Waals surface area contributed by atoms with E-state index < -0.39 is 0 Å². The van der Waals surface area contributed by atoms with Crippen molar-refractivity contribution in [2.24, 2.45) is 5.92 Å². The molecule has 0 aromatic rings. The minimum absolute atomic E-state index is 0.130. The fourth-order valence-electron chi connectivity index (χ4n) is 2.90. The molecule has 1 fully saturated rings. The Kier molecular flexibility index (Phi) is 7.55. The van der Waals surface area contributed by atoms with E-state index in [-0.39, 0.29) is 23.9 Å². The summed E-state index contributed by atoms with van der Waals surface area (Å²) < 4.78 is 10.5. The summed E-state index contributed by atoms with van der Waals surface area (Å²) in [6.07, 6.45) is 8.30. The molecule has 0 bridgehead atoms. The summed E-state index contributed by atoms with van der Waals surface area (Å²) in [6.45, 7) is 6.86. The first-order chi connectivity index (χ1) is 9.69. The van der Waals surface area contributed by atoms with Crippen LogP contribution in [0, 0.1) is 5.92 Å². The van der Waals surface area contributed by atoms with Crippen LogP contribution in [0.2, 0.25) is 0 Å². The zero-order valence-corrected chi connectivity index (χ0v) is 12.9. The Morgan fingerprint density at radius 1 is 1.30 bits per heavy atom. The monoisotopic (exact) mass is 281 g/mol. The van der Waals surface area contributed by atoms with E-state index in [0.29, 0.717) is 19.6 Å². The number of carbonyl (C=O) groups is 1. The number of ether oxygens (including phenoxy) is 2. The molecule has 1 rings (SSSR count). The molecule has 114 valence electrons. The lowest BCUT2D eigenvalue weighted by Gasteiger charge is -2.32. The number of hydrogen-bond acceptors (Lipinski definition) is 3. The van der Waals surface area contributed by atoms with Crippen molar-refractivity contribution >= 4 is 5.91 Å². The fraction of sp³-hybridized carbons (Fsp3) is 0.688. The van der Waals surface area contributed by atoms with Crippen LogP contribution >= 0.6 is 0 Å². The molecule has 0 radical (unpaired) electrons. The Bertz CT molecular complexity index is 327. The second-order valence-corrected chi connectivity index (χ2v) is 5.20. The standard InChI is InChI=1S/C16H27NO3/c1-5-7-13(8-6-2)16(18)17-14(11-19-3)9-10-15(17)12-20-4/h5-6,8,13-15H,1,7,9-12H2,2-4H3/b8-6-/t13-,14+,15+/m0/s1. The van der Waals surface area contributed by atoms with Crippen molar-refractivity contribution in [1.82, 2.24) is 4.90 Å². The molecule has 1 aliphatic rings. The van der Waals surface area contributed by atoms with Crippen LogP contribution in [0.1, 0.15) is 26.2 Å². The van der Waals surface area contributed by atoms with E-state index in [1.165, 1.54) is 0 Å². The first kappa shape index (κ1) is 16.9. The Hall–Kier alpha value is -1.13. The maximum absolute atomic E-state index is 12.8. The van der Waals surface area contributed by atoms with Gasteiger partial charge in [0.15, 0.2) is 0 Å². The van der Waals surface area contributed by atoms with Gasteiger partial charge in [0, 0.05) is 14.2 Å². The lowest BCUT2D eigenvalue weighted by atomic mass is 10.0. The van der Waals surface area contributed by atoms with Gasteiger partial charge in [-0.1, -0.05) is 18.2 Å². The summed E-state index contributed by atoms with van der Waals surface area (Å²) in [5.74, 6) is 0.0268. The molecule has 0 aliphatic carbocycles. The molecule has 0 N–H and O–H groups in total. The number of rotatable bonds is 8. The van der Waals surface area contributed by atoms with Gasteiger partial charge in [0.05, 0.1) is 31.2 Å². The van der Waals surface area contributed by atoms with Crippen LogP contribution in [-0.2, 0) is 14.3 Å². The summed E-state index contributed by atoms with van der Waals surface area (Å²) in [6, 6.07) is 0.315. The Morgan fingerprint density at radius 3 is 2.25 bits per heavy atom. The van der Waals surface area contributed by atoms with E-state index in [0.717, 1.165) is 12.8 Å². The third-order valence-corrected chi connectivity index (χ3v) is 3.76. The van der Waals surface area contributed by atoms with Gasteiger partial charge < -0.3 is 14.4 Å². The highest BCUT2D eigenvalue weighted by Gasteiger charge is 2.38. The first-order valence-electron chi connectivity index (χ1n) is 7.23. The molecule has 0 aromatic carbocycles. The lowest BCUT2D eigenvalue weighted by Crippen LogP contribution is -2.47. The normalized spacial score (nSPS) is 24.2. The highest BCUT2D eigenvalue weighted by atomic mass is 16.5. The van der Waals surface area contributed by atoms with E-state index in [1.54, 1.807) is 20.3 Å². The molecule has 0 unspecified atom stereocenters. The zero-order valence-electron chi connectivity index (χ0n) is 12.9. The average Bonchev–Trinajstić information content (AvgIpc) is 2.81. The quantitative estimate of drug-likeness (QED) is 0.641. The number of hydrogen-bond donors (Lipinski definition) is 0. The third kappa shape index (κ3) is 4.18. The minimum atomic E-state index is -0.130. The predicted molar refractivity (Wildman–Crippen MR) is 80.5 cm³/mol. The topological polar surface area (TPSA) is 38.8 Å². The van der Waals surface area contributed by atoms with Crippen LogP contribution in [0.5, 0.6) is 0 Å². The largest absolute Gasteiger partial charge is 0.383 e. The summed E-state index contributed by atoms with van der Waals surface area (Å²) in [5.41, 5.74) is 0. The number of methoxy groups -OCH3 is 2. The average molecular weight is 281 g/mol. The number of amides is 1. The van der Waals surface area contributed by atoms with Crippen LogP contribution in [0.25, 0.3) is 0 Å². The molecule has 1 aliphatic heterocycles. The molecule has 1 saturated heterocycles. The molecular formula is C16H27NO3. The minimum Gasteiger partial charge on any atom is -0.383 e. The third-order valence-electron chi connectivity index (χ3n) is 3.76. The van der Waals surface area contributed by atoms with Crippen molar-refractivity contribution in [2.75, 3.05) is 27.4 Å². The van der Waals surface area contributed by atoms with Gasteiger partial charge in [-0.25, -0.2) is 0 Å². The van der Waals surface area contributed by atoms with Gasteiger partial charge in [-0.3, -0.25) is 4.79 Å². The molecule has 1 heterocycles. The maximum atomic E-state index is 12.8. The summed E-state index contributed by atoms with van der Waals surface area (Å²) in [4.78, 5) is 14.8. The van der Waals surface area contributed by atoms with Crippen LogP contribution in [0.3, 0.4) is 0 Å². The Morgan fingerprint density at radius 2 is 1.85 bits per heavy atom. The highest BCUT2D eigenvalue weighted by Crippen LogP contribution is 2.28. The van der Waals surface area contributed by atoms with Crippen molar-refractivity contribution in [3.8, 4) is 0 Å². The molecule has 4 nitrogen and oxygen atoms in total. The van der Waals surface area contributed by atoms with Gasteiger partial charge in [-0.05, 0) is 26.2 Å². The first-order valence-corrected chi connectivity index (χ1v) is 7.23. The Labute approximate surface area is 122 Å². The van der Waals surface area contributed by atoms with Crippen LogP contribution < -0.4 is 0 Å². The lowest BCUT2D eigenvalue weighted by molar-refractivity contribution is -0.139. The number of nitrogens with zero attached hydrogens (tertiary/aromatic N) is 1. The molecule has 20 heavy (non-hydrogen) atoms. The van der Waals surface area contributed by atoms with Gasteiger partial charge in [0.25, 0.3) is 0 Å². The molecule has 4 heteroatoms. The van der Waals surface area contributed by atoms with Crippen molar-refractivity contribution in [3.63, 3.8) is 0 Å². The van der Waals surface area contributed by atoms with Crippen molar-refractivity contribution in [2.45, 2.75) is 38.3 Å². The molecule has 3 atom stereocenters. The van der Waals surface area contributed by atoms with Gasteiger partial charge in [0.2, 0.25) is 5.91 Å². The van der Waals surface area contributed by atoms with E-state index in [4.69, 9.17) is 9.47 Å².